The van der Waals surface area contributed by atoms with Crippen LogP contribution >= 0.6 is 0 Å². The van der Waals surface area contributed by atoms with Crippen LogP contribution in [0.3, 0.4) is 0 Å². The van der Waals surface area contributed by atoms with Gasteiger partial charge in [-0.1, -0.05) is 23.8 Å². The Balaban J connectivity index is 2.31. The van der Waals surface area contributed by atoms with Crippen LogP contribution in [0.15, 0.2) is 47.5 Å². The summed E-state index contributed by atoms with van der Waals surface area (Å²) in [6, 6.07) is 10.9. The van der Waals surface area contributed by atoms with Gasteiger partial charge in [-0.25, -0.2) is 12.4 Å². The minimum Gasteiger partial charge on any atom is -0.241 e. The average molecular weight is 313 g/mol. The molecule has 0 spiro atoms. The molecule has 1 aromatic heterocycles. The lowest BCUT2D eigenvalue weighted by Crippen LogP contribution is -2.12. The van der Waals surface area contributed by atoms with Gasteiger partial charge in [0.15, 0.2) is 0 Å². The molecule has 0 aliphatic rings. The number of nitrogens with zero attached hydrogens (tertiary/aromatic N) is 1. The molecule has 2 aromatic carbocycles. The molecule has 0 saturated carbocycles. The SMILES string of the molecule is Cc1ccc(S(=O)(=O)n2ccc3c(C)c(C)cc(C)c32)cc1. The van der Waals surface area contributed by atoms with Crippen LogP contribution in [0.2, 0.25) is 0 Å². The highest BCUT2D eigenvalue weighted by atomic mass is 32.2. The highest BCUT2D eigenvalue weighted by Crippen LogP contribution is 2.29. The van der Waals surface area contributed by atoms with Crippen molar-refractivity contribution in [3.8, 4) is 0 Å². The van der Waals surface area contributed by atoms with Gasteiger partial charge in [0, 0.05) is 11.6 Å². The molecule has 3 nitrogen and oxygen atoms in total. The molecule has 114 valence electrons. The summed E-state index contributed by atoms with van der Waals surface area (Å²) in [5.74, 6) is 0. The molecule has 3 rings (SSSR count). The van der Waals surface area contributed by atoms with E-state index in [1.807, 2.05) is 52.0 Å². The standard InChI is InChI=1S/C18H19NO2S/c1-12-5-7-16(8-6-12)22(20,21)19-10-9-17-15(4)13(2)11-14(3)18(17)19/h5-11H,1-4H3. The maximum atomic E-state index is 12.9. The monoisotopic (exact) mass is 313 g/mol. The molecule has 0 bridgehead atoms. The number of rotatable bonds is 2. The molecule has 0 fully saturated rings. The zero-order valence-electron chi connectivity index (χ0n) is 13.2. The fourth-order valence-electron chi connectivity index (χ4n) is 2.84. The van der Waals surface area contributed by atoms with Gasteiger partial charge in [0.1, 0.15) is 0 Å². The van der Waals surface area contributed by atoms with Crippen molar-refractivity contribution in [2.24, 2.45) is 0 Å². The lowest BCUT2D eigenvalue weighted by atomic mass is 10.0. The smallest absolute Gasteiger partial charge is 0.241 e. The Morgan fingerprint density at radius 1 is 0.864 bits per heavy atom. The van der Waals surface area contributed by atoms with Crippen molar-refractivity contribution in [3.05, 3.63) is 64.8 Å². The molecule has 0 atom stereocenters. The summed E-state index contributed by atoms with van der Waals surface area (Å²) in [5.41, 5.74) is 5.08. The molecule has 4 heteroatoms. The van der Waals surface area contributed by atoms with E-state index < -0.39 is 10.0 Å². The first kappa shape index (κ1) is 14.9. The summed E-state index contributed by atoms with van der Waals surface area (Å²) in [5, 5.41) is 0.994. The van der Waals surface area contributed by atoms with Gasteiger partial charge in [-0.2, -0.15) is 0 Å². The quantitative estimate of drug-likeness (QED) is 0.714. The molecule has 3 aromatic rings. The lowest BCUT2D eigenvalue weighted by Gasteiger charge is -2.11. The molecule has 0 N–H and O–H groups in total. The molecule has 0 radical (unpaired) electrons. The van der Waals surface area contributed by atoms with E-state index in [2.05, 4.69) is 0 Å². The van der Waals surface area contributed by atoms with E-state index in [9.17, 15) is 8.42 Å². The van der Waals surface area contributed by atoms with Crippen molar-refractivity contribution >= 4 is 20.9 Å². The topological polar surface area (TPSA) is 39.1 Å². The van der Waals surface area contributed by atoms with E-state index in [1.54, 1.807) is 18.3 Å². The first-order chi connectivity index (χ1) is 10.3. The van der Waals surface area contributed by atoms with Crippen molar-refractivity contribution in [2.75, 3.05) is 0 Å². The third kappa shape index (κ3) is 2.15. The van der Waals surface area contributed by atoms with Crippen molar-refractivity contribution in [1.82, 2.24) is 3.97 Å². The van der Waals surface area contributed by atoms with Crippen molar-refractivity contribution < 1.29 is 8.42 Å². The van der Waals surface area contributed by atoms with Gasteiger partial charge in [0.05, 0.1) is 10.4 Å². The van der Waals surface area contributed by atoms with Crippen LogP contribution in [-0.4, -0.2) is 12.4 Å². The highest BCUT2D eigenvalue weighted by Gasteiger charge is 2.20. The van der Waals surface area contributed by atoms with Gasteiger partial charge in [-0.05, 0) is 62.6 Å². The zero-order valence-corrected chi connectivity index (χ0v) is 14.0. The molecule has 0 amide bonds. The largest absolute Gasteiger partial charge is 0.268 e. The average Bonchev–Trinajstić information content (AvgIpc) is 2.91. The fourth-order valence-corrected chi connectivity index (χ4v) is 4.25. The van der Waals surface area contributed by atoms with Crippen LogP contribution in [0, 0.1) is 27.7 Å². The van der Waals surface area contributed by atoms with E-state index in [4.69, 9.17) is 0 Å². The second-order valence-corrected chi connectivity index (χ2v) is 7.64. The van der Waals surface area contributed by atoms with Gasteiger partial charge in [-0.3, -0.25) is 0 Å². The van der Waals surface area contributed by atoms with Crippen molar-refractivity contribution in [1.29, 1.82) is 0 Å². The summed E-state index contributed by atoms with van der Waals surface area (Å²) in [4.78, 5) is 0.313. The third-order valence-corrected chi connectivity index (χ3v) is 5.92. The molecular formula is C18H19NO2S. The van der Waals surface area contributed by atoms with E-state index in [1.165, 1.54) is 9.54 Å². The van der Waals surface area contributed by atoms with E-state index in [0.29, 0.717) is 4.90 Å². The Bertz CT molecular complexity index is 964. The summed E-state index contributed by atoms with van der Waals surface area (Å²) in [7, 11) is -3.57. The predicted octanol–water partition coefficient (Wildman–Crippen LogP) is 4.11. The summed E-state index contributed by atoms with van der Waals surface area (Å²) < 4.78 is 27.3. The van der Waals surface area contributed by atoms with Crippen LogP contribution in [0.5, 0.6) is 0 Å². The number of hydrogen-bond donors (Lipinski definition) is 0. The van der Waals surface area contributed by atoms with Gasteiger partial charge >= 0.3 is 0 Å². The fraction of sp³-hybridized carbons (Fsp3) is 0.222. The minimum atomic E-state index is -3.57. The summed E-state index contributed by atoms with van der Waals surface area (Å²) in [6.07, 6.45) is 1.65. The maximum Gasteiger partial charge on any atom is 0.268 e. The zero-order chi connectivity index (χ0) is 16.1. The number of aryl methyl sites for hydroxylation is 4. The summed E-state index contributed by atoms with van der Waals surface area (Å²) >= 11 is 0. The second-order valence-electron chi connectivity index (χ2n) is 5.83. The number of fused-ring (bicyclic) bond motifs is 1. The minimum absolute atomic E-state index is 0.313. The molecule has 0 aliphatic carbocycles. The number of benzene rings is 2. The van der Waals surface area contributed by atoms with Crippen LogP contribution in [0.4, 0.5) is 0 Å². The third-order valence-electron chi connectivity index (χ3n) is 4.23. The number of hydrogen-bond acceptors (Lipinski definition) is 2. The van der Waals surface area contributed by atoms with E-state index in [-0.39, 0.29) is 0 Å². The second kappa shape index (κ2) is 4.99. The molecule has 22 heavy (non-hydrogen) atoms. The first-order valence-corrected chi connectivity index (χ1v) is 8.66. The van der Waals surface area contributed by atoms with E-state index in [0.717, 1.165) is 27.6 Å². The predicted molar refractivity (Wildman–Crippen MR) is 89.9 cm³/mol. The van der Waals surface area contributed by atoms with Crippen LogP contribution in [-0.2, 0) is 10.0 Å². The normalized spacial score (nSPS) is 12.0. The Hall–Kier alpha value is -2.07. The maximum absolute atomic E-state index is 12.9. The van der Waals surface area contributed by atoms with Gasteiger partial charge in [-0.15, -0.1) is 0 Å². The van der Waals surface area contributed by atoms with Crippen molar-refractivity contribution in [2.45, 2.75) is 32.6 Å². The Labute approximate surface area is 131 Å². The van der Waals surface area contributed by atoms with E-state index >= 15 is 0 Å². The number of aromatic nitrogens is 1. The Kier molecular flexibility index (Phi) is 3.37. The molecule has 0 aliphatic heterocycles. The van der Waals surface area contributed by atoms with Gasteiger partial charge in [0.25, 0.3) is 10.0 Å². The molecule has 1 heterocycles. The van der Waals surface area contributed by atoms with Crippen LogP contribution < -0.4 is 0 Å². The highest BCUT2D eigenvalue weighted by molar-refractivity contribution is 7.90. The van der Waals surface area contributed by atoms with Crippen LogP contribution in [0.25, 0.3) is 10.9 Å². The lowest BCUT2D eigenvalue weighted by molar-refractivity contribution is 0.589. The van der Waals surface area contributed by atoms with Gasteiger partial charge < -0.3 is 0 Å². The van der Waals surface area contributed by atoms with Crippen LogP contribution in [0.1, 0.15) is 22.3 Å². The Morgan fingerprint density at radius 2 is 1.50 bits per heavy atom. The van der Waals surface area contributed by atoms with Gasteiger partial charge in [0.2, 0.25) is 0 Å². The molecular weight excluding hydrogens is 294 g/mol. The summed E-state index contributed by atoms with van der Waals surface area (Å²) in [6.45, 7) is 7.97. The Morgan fingerprint density at radius 3 is 2.14 bits per heavy atom. The first-order valence-electron chi connectivity index (χ1n) is 7.22. The molecule has 0 saturated heterocycles. The van der Waals surface area contributed by atoms with Crippen molar-refractivity contribution in [3.63, 3.8) is 0 Å². The molecule has 0 unspecified atom stereocenters.